The molecule has 0 atom stereocenters. The number of hydrogen-bond donors (Lipinski definition) is 1. The number of rotatable bonds is 8. The Labute approximate surface area is 103 Å². The lowest BCUT2D eigenvalue weighted by Crippen LogP contribution is -2.35. The summed E-state index contributed by atoms with van der Waals surface area (Å²) in [4.78, 5) is 2.52. The average Bonchev–Trinajstić information content (AvgIpc) is 2.13. The van der Waals surface area contributed by atoms with Crippen LogP contribution >= 0.6 is 0 Å². The van der Waals surface area contributed by atoms with Crippen molar-refractivity contribution in [2.24, 2.45) is 11.3 Å². The lowest BCUT2D eigenvalue weighted by Gasteiger charge is -2.23. The lowest BCUT2D eigenvalue weighted by atomic mass is 9.92. The van der Waals surface area contributed by atoms with Crippen molar-refractivity contribution in [3.63, 3.8) is 0 Å². The van der Waals surface area contributed by atoms with E-state index in [9.17, 15) is 0 Å². The highest BCUT2D eigenvalue weighted by Crippen LogP contribution is 2.16. The molecule has 0 unspecified atom stereocenters. The molecule has 0 saturated heterocycles. The first-order valence-corrected chi connectivity index (χ1v) is 6.78. The van der Waals surface area contributed by atoms with Crippen LogP contribution in [0, 0.1) is 11.3 Å². The van der Waals surface area contributed by atoms with E-state index < -0.39 is 0 Å². The molecule has 16 heavy (non-hydrogen) atoms. The maximum absolute atomic E-state index is 3.54. The van der Waals surface area contributed by atoms with Crippen LogP contribution in [0.1, 0.15) is 48.0 Å². The number of hydrogen-bond acceptors (Lipinski definition) is 2. The van der Waals surface area contributed by atoms with Crippen LogP contribution < -0.4 is 5.32 Å². The van der Waals surface area contributed by atoms with Gasteiger partial charge in [-0.1, -0.05) is 41.5 Å². The number of nitrogens with zero attached hydrogens (tertiary/aromatic N) is 1. The minimum Gasteiger partial charge on any atom is -0.315 e. The molecule has 0 amide bonds. The van der Waals surface area contributed by atoms with Crippen molar-refractivity contribution in [3.05, 3.63) is 0 Å². The van der Waals surface area contributed by atoms with Gasteiger partial charge in [0.25, 0.3) is 0 Å². The van der Waals surface area contributed by atoms with Gasteiger partial charge in [0.05, 0.1) is 0 Å². The predicted molar refractivity (Wildman–Crippen MR) is 73.9 cm³/mol. The smallest absolute Gasteiger partial charge is 0.0107 e. The zero-order valence-corrected chi connectivity index (χ0v) is 12.3. The zero-order chi connectivity index (χ0) is 12.6. The molecule has 0 saturated carbocycles. The van der Waals surface area contributed by atoms with E-state index >= 15 is 0 Å². The molecule has 0 radical (unpaired) electrons. The SMILES string of the molecule is CCN(CCNCCC(C)(C)C)CC(C)C. The van der Waals surface area contributed by atoms with Crippen molar-refractivity contribution in [2.45, 2.75) is 48.0 Å². The van der Waals surface area contributed by atoms with Crippen molar-refractivity contribution in [1.82, 2.24) is 10.2 Å². The van der Waals surface area contributed by atoms with Crippen molar-refractivity contribution < 1.29 is 0 Å². The van der Waals surface area contributed by atoms with Gasteiger partial charge in [0, 0.05) is 19.6 Å². The standard InChI is InChI=1S/C14H32N2/c1-7-16(12-13(2)3)11-10-15-9-8-14(4,5)6/h13,15H,7-12H2,1-6H3. The number of nitrogens with one attached hydrogen (secondary N) is 1. The van der Waals surface area contributed by atoms with E-state index in [0.29, 0.717) is 5.41 Å². The molecular formula is C14H32N2. The van der Waals surface area contributed by atoms with Crippen LogP contribution in [0.3, 0.4) is 0 Å². The van der Waals surface area contributed by atoms with Gasteiger partial charge in [0.15, 0.2) is 0 Å². The molecule has 0 bridgehead atoms. The van der Waals surface area contributed by atoms with Crippen LogP contribution in [-0.2, 0) is 0 Å². The van der Waals surface area contributed by atoms with Crippen molar-refractivity contribution in [3.8, 4) is 0 Å². The lowest BCUT2D eigenvalue weighted by molar-refractivity contribution is 0.254. The fourth-order valence-corrected chi connectivity index (χ4v) is 1.72. The Morgan fingerprint density at radius 1 is 1.12 bits per heavy atom. The normalized spacial score (nSPS) is 12.8. The van der Waals surface area contributed by atoms with E-state index in [-0.39, 0.29) is 0 Å². The van der Waals surface area contributed by atoms with Gasteiger partial charge in [-0.05, 0) is 30.8 Å². The Bertz CT molecular complexity index is 159. The second-order valence-corrected chi connectivity index (χ2v) is 6.35. The van der Waals surface area contributed by atoms with Gasteiger partial charge < -0.3 is 10.2 Å². The highest BCUT2D eigenvalue weighted by atomic mass is 15.1. The minimum absolute atomic E-state index is 0.454. The summed E-state index contributed by atoms with van der Waals surface area (Å²) in [6.07, 6.45) is 1.25. The molecule has 98 valence electrons. The van der Waals surface area contributed by atoms with Crippen LogP contribution in [-0.4, -0.2) is 37.6 Å². The first kappa shape index (κ1) is 15.9. The van der Waals surface area contributed by atoms with E-state index in [4.69, 9.17) is 0 Å². The predicted octanol–water partition coefficient (Wildman–Crippen LogP) is 2.99. The van der Waals surface area contributed by atoms with Gasteiger partial charge in [-0.3, -0.25) is 0 Å². The van der Waals surface area contributed by atoms with Crippen LogP contribution in [0.5, 0.6) is 0 Å². The summed E-state index contributed by atoms with van der Waals surface area (Å²) < 4.78 is 0. The van der Waals surface area contributed by atoms with Crippen molar-refractivity contribution in [1.29, 1.82) is 0 Å². The zero-order valence-electron chi connectivity index (χ0n) is 12.3. The Morgan fingerprint density at radius 3 is 2.19 bits per heavy atom. The van der Waals surface area contributed by atoms with Gasteiger partial charge >= 0.3 is 0 Å². The van der Waals surface area contributed by atoms with Gasteiger partial charge in [-0.25, -0.2) is 0 Å². The van der Waals surface area contributed by atoms with Crippen LogP contribution in [0.15, 0.2) is 0 Å². The quantitative estimate of drug-likeness (QED) is 0.643. The van der Waals surface area contributed by atoms with Crippen LogP contribution in [0.25, 0.3) is 0 Å². The molecule has 0 aromatic heterocycles. The molecule has 0 aromatic rings. The average molecular weight is 228 g/mol. The summed E-state index contributed by atoms with van der Waals surface area (Å²) in [7, 11) is 0. The third-order valence-electron chi connectivity index (χ3n) is 2.73. The topological polar surface area (TPSA) is 15.3 Å². The van der Waals surface area contributed by atoms with Crippen LogP contribution in [0.4, 0.5) is 0 Å². The Balaban J connectivity index is 3.48. The monoisotopic (exact) mass is 228 g/mol. The molecule has 0 rings (SSSR count). The van der Waals surface area contributed by atoms with Crippen molar-refractivity contribution in [2.75, 3.05) is 32.7 Å². The first-order valence-electron chi connectivity index (χ1n) is 6.78. The molecule has 0 spiro atoms. The third kappa shape index (κ3) is 10.4. The number of likely N-dealkylation sites (N-methyl/N-ethyl adjacent to an activating group) is 1. The summed E-state index contributed by atoms with van der Waals surface area (Å²) in [6.45, 7) is 19.5. The van der Waals surface area contributed by atoms with Gasteiger partial charge in [-0.15, -0.1) is 0 Å². The Hall–Kier alpha value is -0.0800. The second kappa shape index (κ2) is 8.08. The molecule has 1 N–H and O–H groups in total. The molecular weight excluding hydrogens is 196 g/mol. The van der Waals surface area contributed by atoms with E-state index in [1.165, 1.54) is 26.1 Å². The summed E-state index contributed by atoms with van der Waals surface area (Å²) in [5.41, 5.74) is 0.454. The summed E-state index contributed by atoms with van der Waals surface area (Å²) in [5, 5.41) is 3.54. The minimum atomic E-state index is 0.454. The summed E-state index contributed by atoms with van der Waals surface area (Å²) in [5.74, 6) is 0.773. The van der Waals surface area contributed by atoms with E-state index in [0.717, 1.165) is 19.0 Å². The molecule has 0 aliphatic rings. The third-order valence-corrected chi connectivity index (χ3v) is 2.73. The second-order valence-electron chi connectivity index (χ2n) is 6.35. The van der Waals surface area contributed by atoms with E-state index in [2.05, 4.69) is 51.8 Å². The summed E-state index contributed by atoms with van der Waals surface area (Å²) >= 11 is 0. The highest BCUT2D eigenvalue weighted by molar-refractivity contribution is 4.64. The fraction of sp³-hybridized carbons (Fsp3) is 1.00. The Kier molecular flexibility index (Phi) is 8.04. The van der Waals surface area contributed by atoms with E-state index in [1.807, 2.05) is 0 Å². The molecule has 2 nitrogen and oxygen atoms in total. The molecule has 2 heteroatoms. The largest absolute Gasteiger partial charge is 0.315 e. The van der Waals surface area contributed by atoms with Gasteiger partial charge in [0.1, 0.15) is 0 Å². The van der Waals surface area contributed by atoms with Gasteiger partial charge in [0.2, 0.25) is 0 Å². The maximum atomic E-state index is 3.54. The molecule has 0 heterocycles. The molecule has 0 fully saturated rings. The maximum Gasteiger partial charge on any atom is 0.0107 e. The van der Waals surface area contributed by atoms with E-state index in [1.54, 1.807) is 0 Å². The molecule has 0 aliphatic carbocycles. The fourth-order valence-electron chi connectivity index (χ4n) is 1.72. The first-order chi connectivity index (χ1) is 7.35. The highest BCUT2D eigenvalue weighted by Gasteiger charge is 2.09. The molecule has 0 aliphatic heterocycles. The molecule has 0 aromatic carbocycles. The Morgan fingerprint density at radius 2 is 1.75 bits per heavy atom. The van der Waals surface area contributed by atoms with Gasteiger partial charge in [-0.2, -0.15) is 0 Å². The van der Waals surface area contributed by atoms with Crippen LogP contribution in [0.2, 0.25) is 0 Å². The summed E-state index contributed by atoms with van der Waals surface area (Å²) in [6, 6.07) is 0. The van der Waals surface area contributed by atoms with Crippen molar-refractivity contribution >= 4 is 0 Å².